The number of nitrogens with one attached hydrogen (secondary N) is 1. The van der Waals surface area contributed by atoms with E-state index in [0.717, 1.165) is 25.1 Å². The maximum atomic E-state index is 12.3. The van der Waals surface area contributed by atoms with Gasteiger partial charge in [-0.25, -0.2) is 4.98 Å². The van der Waals surface area contributed by atoms with Crippen LogP contribution in [-0.4, -0.2) is 29.4 Å². The number of aromatic nitrogens is 1. The molecule has 0 atom stereocenters. The van der Waals surface area contributed by atoms with Crippen molar-refractivity contribution in [3.8, 4) is 0 Å². The van der Waals surface area contributed by atoms with Crippen LogP contribution in [0.25, 0.3) is 0 Å². The number of carbonyl (C=O) groups excluding carboxylic acids is 1. The minimum Gasteiger partial charge on any atom is -0.467 e. The van der Waals surface area contributed by atoms with E-state index in [1.807, 2.05) is 19.2 Å². The number of amides is 1. The van der Waals surface area contributed by atoms with Gasteiger partial charge in [0.05, 0.1) is 12.8 Å². The smallest absolute Gasteiger partial charge is 0.253 e. The lowest BCUT2D eigenvalue weighted by Gasteiger charge is -2.17. The summed E-state index contributed by atoms with van der Waals surface area (Å²) in [6.07, 6.45) is 5.36. The molecule has 0 spiro atoms. The Bertz CT molecular complexity index is 567. The Labute approximate surface area is 125 Å². The third-order valence-electron chi connectivity index (χ3n) is 3.22. The summed E-state index contributed by atoms with van der Waals surface area (Å²) in [5.41, 5.74) is 0.644. The molecule has 0 fully saturated rings. The fraction of sp³-hybridized carbons (Fsp3) is 0.375. The average Bonchev–Trinajstić information content (AvgIpc) is 3.03. The zero-order valence-corrected chi connectivity index (χ0v) is 12.5. The Morgan fingerprint density at radius 1 is 1.43 bits per heavy atom. The summed E-state index contributed by atoms with van der Waals surface area (Å²) in [4.78, 5) is 18.3. The maximum absolute atomic E-state index is 12.3. The molecule has 2 aromatic rings. The number of rotatable bonds is 7. The minimum absolute atomic E-state index is 0.0203. The zero-order valence-electron chi connectivity index (χ0n) is 12.5. The largest absolute Gasteiger partial charge is 0.467 e. The normalized spacial score (nSPS) is 10.4. The highest BCUT2D eigenvalue weighted by molar-refractivity contribution is 5.94. The van der Waals surface area contributed by atoms with Crippen LogP contribution in [0, 0.1) is 0 Å². The van der Waals surface area contributed by atoms with E-state index in [4.69, 9.17) is 4.42 Å². The van der Waals surface area contributed by atoms with E-state index in [1.54, 1.807) is 29.5 Å². The first kappa shape index (κ1) is 15.1. The van der Waals surface area contributed by atoms with Gasteiger partial charge in [0.15, 0.2) is 0 Å². The summed E-state index contributed by atoms with van der Waals surface area (Å²) in [7, 11) is 1.83. The number of furan rings is 1. The average molecular weight is 287 g/mol. The van der Waals surface area contributed by atoms with E-state index in [0.29, 0.717) is 17.9 Å². The summed E-state index contributed by atoms with van der Waals surface area (Å²) in [6, 6.07) is 7.24. The van der Waals surface area contributed by atoms with Crippen LogP contribution in [0.5, 0.6) is 0 Å². The number of nitrogens with zero attached hydrogens (tertiary/aromatic N) is 2. The van der Waals surface area contributed by atoms with E-state index in [1.165, 1.54) is 0 Å². The van der Waals surface area contributed by atoms with Gasteiger partial charge in [0, 0.05) is 25.4 Å². The van der Waals surface area contributed by atoms with Crippen molar-refractivity contribution in [3.63, 3.8) is 0 Å². The van der Waals surface area contributed by atoms with Gasteiger partial charge in [-0.2, -0.15) is 0 Å². The number of pyridine rings is 1. The lowest BCUT2D eigenvalue weighted by Crippen LogP contribution is -2.27. The zero-order chi connectivity index (χ0) is 15.1. The quantitative estimate of drug-likeness (QED) is 0.850. The molecule has 0 saturated heterocycles. The lowest BCUT2D eigenvalue weighted by atomic mass is 10.2. The van der Waals surface area contributed by atoms with E-state index < -0.39 is 0 Å². The summed E-state index contributed by atoms with van der Waals surface area (Å²) in [5.74, 6) is 1.52. The molecule has 0 aliphatic carbocycles. The number of hydrogen-bond acceptors (Lipinski definition) is 4. The molecule has 2 aromatic heterocycles. The van der Waals surface area contributed by atoms with Gasteiger partial charge in [-0.1, -0.05) is 13.3 Å². The highest BCUT2D eigenvalue weighted by Crippen LogP contribution is 2.11. The van der Waals surface area contributed by atoms with Gasteiger partial charge < -0.3 is 14.6 Å². The highest BCUT2D eigenvalue weighted by atomic mass is 16.3. The fourth-order valence-electron chi connectivity index (χ4n) is 1.97. The molecule has 0 saturated carbocycles. The van der Waals surface area contributed by atoms with E-state index in [9.17, 15) is 4.79 Å². The molecular formula is C16H21N3O2. The maximum Gasteiger partial charge on any atom is 0.253 e. The third-order valence-corrected chi connectivity index (χ3v) is 3.22. The van der Waals surface area contributed by atoms with Crippen LogP contribution in [0.1, 0.15) is 35.9 Å². The van der Waals surface area contributed by atoms with Gasteiger partial charge in [-0.3, -0.25) is 4.79 Å². The van der Waals surface area contributed by atoms with Crippen molar-refractivity contribution in [2.75, 3.05) is 18.9 Å². The van der Waals surface area contributed by atoms with Crippen molar-refractivity contribution in [2.45, 2.75) is 26.3 Å². The molecule has 21 heavy (non-hydrogen) atoms. The molecule has 1 N–H and O–H groups in total. The summed E-state index contributed by atoms with van der Waals surface area (Å²) in [6.45, 7) is 3.43. The van der Waals surface area contributed by atoms with Gasteiger partial charge in [-0.15, -0.1) is 0 Å². The topological polar surface area (TPSA) is 58.4 Å². The van der Waals surface area contributed by atoms with Crippen molar-refractivity contribution in [2.24, 2.45) is 0 Å². The molecule has 0 aliphatic rings. The Morgan fingerprint density at radius 3 is 3.00 bits per heavy atom. The van der Waals surface area contributed by atoms with Crippen molar-refractivity contribution in [1.29, 1.82) is 0 Å². The van der Waals surface area contributed by atoms with E-state index >= 15 is 0 Å². The molecule has 2 heterocycles. The van der Waals surface area contributed by atoms with Gasteiger partial charge in [0.1, 0.15) is 11.6 Å². The van der Waals surface area contributed by atoms with Crippen molar-refractivity contribution < 1.29 is 9.21 Å². The standard InChI is InChI=1S/C16H21N3O2/c1-3-4-9-19(2)16(20)13-7-8-17-15(11-13)18-12-14-6-5-10-21-14/h5-8,10-11H,3-4,9,12H2,1-2H3,(H,17,18). The SMILES string of the molecule is CCCCN(C)C(=O)c1ccnc(NCc2ccco2)c1. The van der Waals surface area contributed by atoms with Crippen LogP contribution >= 0.6 is 0 Å². The number of anilines is 1. The predicted octanol–water partition coefficient (Wildman–Crippen LogP) is 3.16. The molecule has 0 aromatic carbocycles. The van der Waals surface area contributed by atoms with Gasteiger partial charge in [0.2, 0.25) is 0 Å². The Hall–Kier alpha value is -2.30. The summed E-state index contributed by atoms with van der Waals surface area (Å²) < 4.78 is 5.25. The van der Waals surface area contributed by atoms with Crippen LogP contribution in [0.3, 0.4) is 0 Å². The second-order valence-corrected chi connectivity index (χ2v) is 4.94. The number of carbonyl (C=O) groups is 1. The first-order valence-electron chi connectivity index (χ1n) is 7.18. The van der Waals surface area contributed by atoms with E-state index in [-0.39, 0.29) is 5.91 Å². The first-order chi connectivity index (χ1) is 10.2. The Morgan fingerprint density at radius 2 is 2.29 bits per heavy atom. The summed E-state index contributed by atoms with van der Waals surface area (Å²) >= 11 is 0. The van der Waals surface area contributed by atoms with Gasteiger partial charge in [-0.05, 0) is 30.7 Å². The molecule has 0 unspecified atom stereocenters. The second-order valence-electron chi connectivity index (χ2n) is 4.94. The van der Waals surface area contributed by atoms with Crippen molar-refractivity contribution >= 4 is 11.7 Å². The van der Waals surface area contributed by atoms with Crippen LogP contribution in [0.2, 0.25) is 0 Å². The minimum atomic E-state index is 0.0203. The molecular weight excluding hydrogens is 266 g/mol. The van der Waals surface area contributed by atoms with Gasteiger partial charge in [0.25, 0.3) is 5.91 Å². The Kier molecular flexibility index (Phi) is 5.37. The van der Waals surface area contributed by atoms with E-state index in [2.05, 4.69) is 17.2 Å². The molecule has 112 valence electrons. The van der Waals surface area contributed by atoms with Crippen LogP contribution in [0.15, 0.2) is 41.1 Å². The molecule has 1 amide bonds. The molecule has 5 nitrogen and oxygen atoms in total. The third kappa shape index (κ3) is 4.34. The van der Waals surface area contributed by atoms with Crippen LogP contribution in [0.4, 0.5) is 5.82 Å². The highest BCUT2D eigenvalue weighted by Gasteiger charge is 2.12. The molecule has 0 bridgehead atoms. The fourth-order valence-corrected chi connectivity index (χ4v) is 1.97. The van der Waals surface area contributed by atoms with Gasteiger partial charge >= 0.3 is 0 Å². The number of unbranched alkanes of at least 4 members (excludes halogenated alkanes) is 1. The Balaban J connectivity index is 1.98. The first-order valence-corrected chi connectivity index (χ1v) is 7.18. The molecule has 0 aliphatic heterocycles. The van der Waals surface area contributed by atoms with Crippen molar-refractivity contribution in [1.82, 2.24) is 9.88 Å². The second kappa shape index (κ2) is 7.47. The molecule has 2 rings (SSSR count). The lowest BCUT2D eigenvalue weighted by molar-refractivity contribution is 0.0793. The van der Waals surface area contributed by atoms with Crippen molar-refractivity contribution in [3.05, 3.63) is 48.0 Å². The molecule has 0 radical (unpaired) electrons. The van der Waals surface area contributed by atoms with Crippen LogP contribution in [-0.2, 0) is 6.54 Å². The predicted molar refractivity (Wildman–Crippen MR) is 82.1 cm³/mol. The number of hydrogen-bond donors (Lipinski definition) is 1. The molecule has 5 heteroatoms. The summed E-state index contributed by atoms with van der Waals surface area (Å²) in [5, 5.41) is 3.15. The van der Waals surface area contributed by atoms with Crippen LogP contribution < -0.4 is 5.32 Å². The monoisotopic (exact) mass is 287 g/mol.